The second kappa shape index (κ2) is 9.93. The lowest BCUT2D eigenvalue weighted by atomic mass is 10.3. The van der Waals surface area contributed by atoms with Gasteiger partial charge in [-0.3, -0.25) is 0 Å². The highest BCUT2D eigenvalue weighted by Crippen LogP contribution is 2.19. The second-order valence-electron chi connectivity index (χ2n) is 6.77. The summed E-state index contributed by atoms with van der Waals surface area (Å²) >= 11 is 1.45. The molecule has 0 atom stereocenters. The summed E-state index contributed by atoms with van der Waals surface area (Å²) in [6.45, 7) is 0. The van der Waals surface area contributed by atoms with Gasteiger partial charge in [-0.25, -0.2) is 14.7 Å². The lowest BCUT2D eigenvalue weighted by Crippen LogP contribution is -2.25. The van der Waals surface area contributed by atoms with Crippen molar-refractivity contribution in [2.24, 2.45) is 17.0 Å². The molecular weight excluding hydrogens is 422 g/mol. The highest BCUT2D eigenvalue weighted by atomic mass is 32.1. The zero-order valence-electron chi connectivity index (χ0n) is 18.0. The Morgan fingerprint density at radius 3 is 2.00 bits per heavy atom. The molecule has 0 bridgehead atoms. The first-order chi connectivity index (χ1) is 15.6. The summed E-state index contributed by atoms with van der Waals surface area (Å²) in [5.74, 6) is 2.20. The molecule has 0 radical (unpaired) electrons. The Balaban J connectivity index is 1.82. The normalized spacial score (nSPS) is 12.0. The smallest absolute Gasteiger partial charge is 0.208 e. The number of methoxy groups -OCH3 is 2. The molecular formula is C24H23N5O2S. The van der Waals surface area contributed by atoms with Crippen molar-refractivity contribution in [3.05, 3.63) is 88.3 Å². The number of anilines is 2. The molecule has 1 N–H and O–H groups in total. The van der Waals surface area contributed by atoms with Crippen molar-refractivity contribution in [3.8, 4) is 11.5 Å². The molecule has 0 aliphatic rings. The number of aryl methyl sites for hydroxylation is 1. The third-order valence-corrected chi connectivity index (χ3v) is 5.57. The monoisotopic (exact) mass is 445 g/mol. The lowest BCUT2D eigenvalue weighted by Gasteiger charge is -2.09. The van der Waals surface area contributed by atoms with Crippen LogP contribution in [0.1, 0.15) is 0 Å². The maximum atomic E-state index is 5.25. The molecule has 0 amide bonds. The molecule has 0 aliphatic carbocycles. The first-order valence-corrected chi connectivity index (χ1v) is 10.7. The van der Waals surface area contributed by atoms with Crippen LogP contribution in [0, 0.1) is 0 Å². The Morgan fingerprint density at radius 2 is 1.38 bits per heavy atom. The van der Waals surface area contributed by atoms with Crippen molar-refractivity contribution < 1.29 is 9.47 Å². The average molecular weight is 446 g/mol. The maximum absolute atomic E-state index is 5.25. The van der Waals surface area contributed by atoms with Gasteiger partial charge in [0.05, 0.1) is 25.6 Å². The average Bonchev–Trinajstić information content (AvgIpc) is 2.83. The molecule has 4 aromatic rings. The lowest BCUT2D eigenvalue weighted by molar-refractivity contribution is 0.415. The number of nitrogens with zero attached hydrogens (tertiary/aromatic N) is 4. The standard InChI is InChI=1S/C24H23N5O2S/c1-29-24(27-17-7-5-4-6-8-17)32-23(26-19-11-15-21(31-3)16-12-19)22(28-29)25-18-9-13-20(30-2)14-10-18/h4-16H,1-3H3,(H,25,28). The summed E-state index contributed by atoms with van der Waals surface area (Å²) in [4.78, 5) is 10.3. The molecule has 4 rings (SSSR count). The highest BCUT2D eigenvalue weighted by Gasteiger charge is 2.06. The van der Waals surface area contributed by atoms with Gasteiger partial charge < -0.3 is 14.8 Å². The fraction of sp³-hybridized carbons (Fsp3) is 0.125. The molecule has 162 valence electrons. The molecule has 32 heavy (non-hydrogen) atoms. The molecule has 3 aromatic carbocycles. The van der Waals surface area contributed by atoms with Crippen LogP contribution in [-0.4, -0.2) is 24.0 Å². The van der Waals surface area contributed by atoms with Crippen molar-refractivity contribution in [1.82, 2.24) is 9.78 Å². The van der Waals surface area contributed by atoms with Crippen LogP contribution in [-0.2, 0) is 7.05 Å². The molecule has 0 aliphatic heterocycles. The Kier molecular flexibility index (Phi) is 6.62. The van der Waals surface area contributed by atoms with Crippen LogP contribution in [0.4, 0.5) is 22.9 Å². The zero-order chi connectivity index (χ0) is 22.3. The van der Waals surface area contributed by atoms with E-state index < -0.39 is 0 Å². The van der Waals surface area contributed by atoms with Gasteiger partial charge in [-0.15, -0.1) is 5.10 Å². The van der Waals surface area contributed by atoms with Gasteiger partial charge in [0.1, 0.15) is 11.5 Å². The molecule has 1 heterocycles. The quantitative estimate of drug-likeness (QED) is 0.467. The predicted octanol–water partition coefficient (Wildman–Crippen LogP) is 4.71. The minimum absolute atomic E-state index is 0.630. The number of hydrogen-bond donors (Lipinski definition) is 1. The number of aromatic nitrogens is 2. The van der Waals surface area contributed by atoms with E-state index in [-0.39, 0.29) is 0 Å². The van der Waals surface area contributed by atoms with E-state index in [0.29, 0.717) is 10.5 Å². The Labute approximate surface area is 190 Å². The Morgan fingerprint density at radius 1 is 0.781 bits per heavy atom. The van der Waals surface area contributed by atoms with Crippen LogP contribution in [0.3, 0.4) is 0 Å². The van der Waals surface area contributed by atoms with Gasteiger partial charge in [-0.2, -0.15) is 0 Å². The molecule has 0 unspecified atom stereocenters. The molecule has 7 nitrogen and oxygen atoms in total. The van der Waals surface area contributed by atoms with E-state index in [2.05, 4.69) is 5.32 Å². The van der Waals surface area contributed by atoms with E-state index in [1.807, 2.05) is 85.9 Å². The van der Waals surface area contributed by atoms with E-state index in [9.17, 15) is 0 Å². The fourth-order valence-corrected chi connectivity index (χ4v) is 3.72. The number of ether oxygens (including phenoxy) is 2. The Bertz CT molecular complexity index is 1310. The van der Waals surface area contributed by atoms with Gasteiger partial charge >= 0.3 is 0 Å². The third-order valence-electron chi connectivity index (χ3n) is 4.55. The number of para-hydroxylation sites is 1. The van der Waals surface area contributed by atoms with Crippen LogP contribution in [0.2, 0.25) is 0 Å². The summed E-state index contributed by atoms with van der Waals surface area (Å²) in [7, 11) is 5.16. The van der Waals surface area contributed by atoms with E-state index in [0.717, 1.165) is 33.4 Å². The van der Waals surface area contributed by atoms with Gasteiger partial charge in [-0.1, -0.05) is 29.5 Å². The summed E-state index contributed by atoms with van der Waals surface area (Å²) in [6, 6.07) is 25.0. The van der Waals surface area contributed by atoms with Crippen molar-refractivity contribution in [1.29, 1.82) is 0 Å². The van der Waals surface area contributed by atoms with E-state index in [1.165, 1.54) is 11.3 Å². The van der Waals surface area contributed by atoms with Crippen LogP contribution >= 0.6 is 11.3 Å². The van der Waals surface area contributed by atoms with E-state index >= 15 is 0 Å². The van der Waals surface area contributed by atoms with Gasteiger partial charge in [0.25, 0.3) is 0 Å². The van der Waals surface area contributed by atoms with Gasteiger partial charge in [0.2, 0.25) is 4.80 Å². The van der Waals surface area contributed by atoms with Crippen LogP contribution < -0.4 is 24.3 Å². The van der Waals surface area contributed by atoms with Crippen molar-refractivity contribution in [3.63, 3.8) is 0 Å². The molecule has 0 saturated carbocycles. The molecule has 0 spiro atoms. The Hall–Kier alpha value is -3.91. The predicted molar refractivity (Wildman–Crippen MR) is 127 cm³/mol. The molecule has 0 fully saturated rings. The second-order valence-corrected chi connectivity index (χ2v) is 7.73. The fourth-order valence-electron chi connectivity index (χ4n) is 2.88. The van der Waals surface area contributed by atoms with Gasteiger partial charge in [-0.05, 0) is 60.7 Å². The zero-order valence-corrected chi connectivity index (χ0v) is 18.8. The van der Waals surface area contributed by atoms with E-state index in [1.54, 1.807) is 18.9 Å². The highest BCUT2D eigenvalue weighted by molar-refractivity contribution is 7.06. The van der Waals surface area contributed by atoms with E-state index in [4.69, 9.17) is 24.6 Å². The van der Waals surface area contributed by atoms with Crippen LogP contribution in [0.15, 0.2) is 88.8 Å². The van der Waals surface area contributed by atoms with Crippen LogP contribution in [0.25, 0.3) is 0 Å². The minimum Gasteiger partial charge on any atom is -0.497 e. The summed E-state index contributed by atoms with van der Waals surface area (Å²) < 4.78 is 12.9. The minimum atomic E-state index is 0.630. The number of benzene rings is 3. The number of rotatable bonds is 6. The van der Waals surface area contributed by atoms with Crippen molar-refractivity contribution in [2.75, 3.05) is 19.5 Å². The summed E-state index contributed by atoms with van der Waals surface area (Å²) in [5.41, 5.74) is 2.53. The van der Waals surface area contributed by atoms with Crippen molar-refractivity contribution >= 4 is 34.2 Å². The van der Waals surface area contributed by atoms with Crippen molar-refractivity contribution in [2.45, 2.75) is 0 Å². The van der Waals surface area contributed by atoms with Gasteiger partial charge in [0.15, 0.2) is 10.5 Å². The molecule has 0 saturated heterocycles. The number of nitrogens with one attached hydrogen (secondary N) is 1. The summed E-state index contributed by atoms with van der Waals surface area (Å²) in [5, 5.41) is 8.07. The SMILES string of the molecule is COc1ccc(N=c2sc(=Nc3ccccc3)n(C)nc2Nc2ccc(OC)cc2)cc1. The first kappa shape index (κ1) is 21.3. The van der Waals surface area contributed by atoms with Gasteiger partial charge in [0, 0.05) is 12.7 Å². The number of hydrogen-bond acceptors (Lipinski definition) is 7. The first-order valence-electron chi connectivity index (χ1n) is 9.93. The molecule has 1 aromatic heterocycles. The maximum Gasteiger partial charge on any atom is 0.208 e. The summed E-state index contributed by atoms with van der Waals surface area (Å²) in [6.07, 6.45) is 0. The largest absolute Gasteiger partial charge is 0.497 e. The third kappa shape index (κ3) is 5.22. The van der Waals surface area contributed by atoms with Crippen LogP contribution in [0.5, 0.6) is 11.5 Å². The topological polar surface area (TPSA) is 73.0 Å². The molecule has 8 heteroatoms.